The second-order valence-corrected chi connectivity index (χ2v) is 8.39. The second-order valence-electron chi connectivity index (χ2n) is 8.39. The van der Waals surface area contributed by atoms with Gasteiger partial charge in [-0.05, 0) is 43.4 Å². The normalized spacial score (nSPS) is 17.7. The maximum Gasteiger partial charge on any atom is 0.317 e. The summed E-state index contributed by atoms with van der Waals surface area (Å²) in [5.41, 5.74) is 0.610. The van der Waals surface area contributed by atoms with E-state index in [0.717, 1.165) is 25.9 Å². The first kappa shape index (κ1) is 23.0. The molecule has 0 bridgehead atoms. The third-order valence-corrected chi connectivity index (χ3v) is 6.03. The van der Waals surface area contributed by atoms with Crippen LogP contribution in [-0.2, 0) is 16.0 Å². The fraction of sp³-hybridized carbons (Fsp3) is 0.609. The summed E-state index contributed by atoms with van der Waals surface area (Å²) < 4.78 is 13.2. The number of carbonyl (C=O) groups excluding carboxylic acids is 3. The van der Waals surface area contributed by atoms with Crippen LogP contribution in [0, 0.1) is 11.7 Å². The zero-order valence-corrected chi connectivity index (χ0v) is 18.1. The molecule has 2 aliphatic heterocycles. The number of hydrogen-bond donors (Lipinski definition) is 2. The van der Waals surface area contributed by atoms with Gasteiger partial charge in [0.2, 0.25) is 11.8 Å². The largest absolute Gasteiger partial charge is 0.354 e. The Balaban J connectivity index is 1.31. The average molecular weight is 433 g/mol. The molecule has 1 aromatic carbocycles. The monoisotopic (exact) mass is 432 g/mol. The first-order chi connectivity index (χ1) is 15.0. The molecule has 170 valence electrons. The van der Waals surface area contributed by atoms with Crippen molar-refractivity contribution in [1.29, 1.82) is 0 Å². The highest BCUT2D eigenvalue weighted by Crippen LogP contribution is 2.21. The van der Waals surface area contributed by atoms with Gasteiger partial charge in [0.1, 0.15) is 5.82 Å². The summed E-state index contributed by atoms with van der Waals surface area (Å²) in [6.45, 7) is 3.50. The Hall–Kier alpha value is -2.64. The Morgan fingerprint density at radius 1 is 0.903 bits per heavy atom. The van der Waals surface area contributed by atoms with E-state index in [-0.39, 0.29) is 36.0 Å². The summed E-state index contributed by atoms with van der Waals surface area (Å²) in [7, 11) is 0. The molecular weight excluding hydrogens is 399 g/mol. The Labute approximate surface area is 183 Å². The summed E-state index contributed by atoms with van der Waals surface area (Å²) in [6, 6.07) is 5.78. The van der Waals surface area contributed by atoms with Crippen molar-refractivity contribution in [2.45, 2.75) is 44.9 Å². The van der Waals surface area contributed by atoms with Crippen molar-refractivity contribution in [1.82, 2.24) is 20.4 Å². The molecule has 8 heteroatoms. The van der Waals surface area contributed by atoms with Crippen LogP contribution in [0.3, 0.4) is 0 Å². The molecule has 2 fully saturated rings. The summed E-state index contributed by atoms with van der Waals surface area (Å²) in [4.78, 5) is 40.8. The molecule has 0 aromatic heterocycles. The summed E-state index contributed by atoms with van der Waals surface area (Å²) in [5, 5.41) is 5.54. The molecule has 0 radical (unpaired) electrons. The van der Waals surface area contributed by atoms with E-state index < -0.39 is 0 Å². The van der Waals surface area contributed by atoms with Crippen LogP contribution in [0.25, 0.3) is 0 Å². The quantitative estimate of drug-likeness (QED) is 0.677. The van der Waals surface area contributed by atoms with Gasteiger partial charge in [0.05, 0.1) is 6.42 Å². The first-order valence-corrected chi connectivity index (χ1v) is 11.4. The van der Waals surface area contributed by atoms with Crippen LogP contribution in [-0.4, -0.2) is 66.9 Å². The molecule has 1 aromatic rings. The molecule has 0 aliphatic carbocycles. The van der Waals surface area contributed by atoms with Gasteiger partial charge in [0, 0.05) is 45.2 Å². The van der Waals surface area contributed by atoms with Crippen LogP contribution < -0.4 is 10.6 Å². The third-order valence-electron chi connectivity index (χ3n) is 6.03. The molecule has 2 heterocycles. The van der Waals surface area contributed by atoms with Crippen molar-refractivity contribution in [3.05, 3.63) is 35.6 Å². The first-order valence-electron chi connectivity index (χ1n) is 11.4. The number of nitrogens with one attached hydrogen (secondary N) is 2. The minimum Gasteiger partial charge on any atom is -0.354 e. The molecule has 0 saturated carbocycles. The fourth-order valence-corrected chi connectivity index (χ4v) is 4.26. The topological polar surface area (TPSA) is 81.8 Å². The predicted molar refractivity (Wildman–Crippen MR) is 116 cm³/mol. The molecule has 2 N–H and O–H groups in total. The molecule has 0 spiro atoms. The van der Waals surface area contributed by atoms with E-state index in [1.54, 1.807) is 17.0 Å². The van der Waals surface area contributed by atoms with E-state index in [0.29, 0.717) is 44.6 Å². The number of urea groups is 1. The van der Waals surface area contributed by atoms with Gasteiger partial charge >= 0.3 is 6.03 Å². The number of carbonyl (C=O) groups is 3. The van der Waals surface area contributed by atoms with Crippen molar-refractivity contribution in [3.8, 4) is 0 Å². The van der Waals surface area contributed by atoms with E-state index in [2.05, 4.69) is 10.6 Å². The highest BCUT2D eigenvalue weighted by atomic mass is 19.1. The number of piperidine rings is 1. The van der Waals surface area contributed by atoms with Crippen LogP contribution in [0.15, 0.2) is 24.3 Å². The number of hydrogen-bond acceptors (Lipinski definition) is 3. The van der Waals surface area contributed by atoms with Crippen molar-refractivity contribution in [2.75, 3.05) is 39.3 Å². The Bertz CT molecular complexity index is 757. The van der Waals surface area contributed by atoms with Gasteiger partial charge in [0.15, 0.2) is 0 Å². The van der Waals surface area contributed by atoms with Gasteiger partial charge in [-0.3, -0.25) is 9.59 Å². The van der Waals surface area contributed by atoms with E-state index in [4.69, 9.17) is 0 Å². The van der Waals surface area contributed by atoms with Gasteiger partial charge in [-0.25, -0.2) is 9.18 Å². The average Bonchev–Trinajstić information content (AvgIpc) is 3.06. The lowest BCUT2D eigenvalue weighted by Gasteiger charge is -2.34. The minimum absolute atomic E-state index is 0.0178. The molecule has 3 rings (SSSR count). The van der Waals surface area contributed by atoms with Crippen LogP contribution in [0.1, 0.15) is 44.1 Å². The maximum atomic E-state index is 13.2. The lowest BCUT2D eigenvalue weighted by Crippen LogP contribution is -2.48. The lowest BCUT2D eigenvalue weighted by atomic mass is 9.95. The molecule has 4 amide bonds. The van der Waals surface area contributed by atoms with E-state index >= 15 is 0 Å². The molecule has 0 atom stereocenters. The number of halogens is 1. The number of benzene rings is 1. The Morgan fingerprint density at radius 3 is 2.26 bits per heavy atom. The summed E-state index contributed by atoms with van der Waals surface area (Å²) in [6.07, 6.45) is 6.09. The second kappa shape index (κ2) is 11.7. The summed E-state index contributed by atoms with van der Waals surface area (Å²) in [5.74, 6) is -0.311. The van der Waals surface area contributed by atoms with Gasteiger partial charge in [-0.2, -0.15) is 0 Å². The standard InChI is InChI=1S/C23H33FN4O3/c24-20-7-5-6-18(16-20)17-21(29)25-10-11-26-23(31)28-14-8-19(9-15-28)22(30)27-12-3-1-2-4-13-27/h5-7,16,19H,1-4,8-15,17H2,(H,25,29)(H,26,31). The van der Waals surface area contributed by atoms with E-state index in [9.17, 15) is 18.8 Å². The van der Waals surface area contributed by atoms with Gasteiger partial charge in [-0.1, -0.05) is 25.0 Å². The van der Waals surface area contributed by atoms with Crippen molar-refractivity contribution < 1.29 is 18.8 Å². The van der Waals surface area contributed by atoms with Crippen LogP contribution in [0.5, 0.6) is 0 Å². The summed E-state index contributed by atoms with van der Waals surface area (Å²) >= 11 is 0. The number of likely N-dealkylation sites (tertiary alicyclic amines) is 2. The maximum absolute atomic E-state index is 13.2. The smallest absolute Gasteiger partial charge is 0.317 e. The molecule has 2 saturated heterocycles. The Kier molecular flexibility index (Phi) is 8.67. The molecule has 31 heavy (non-hydrogen) atoms. The molecule has 2 aliphatic rings. The highest BCUT2D eigenvalue weighted by molar-refractivity contribution is 5.80. The third kappa shape index (κ3) is 7.22. The zero-order valence-electron chi connectivity index (χ0n) is 18.1. The molecule has 7 nitrogen and oxygen atoms in total. The molecule has 0 unspecified atom stereocenters. The number of rotatable bonds is 6. The van der Waals surface area contributed by atoms with Gasteiger partial charge in [0.25, 0.3) is 0 Å². The van der Waals surface area contributed by atoms with Crippen molar-refractivity contribution in [3.63, 3.8) is 0 Å². The SMILES string of the molecule is O=C(Cc1cccc(F)c1)NCCNC(=O)N1CCC(C(=O)N2CCCCCC2)CC1. The van der Waals surface area contributed by atoms with Crippen LogP contribution >= 0.6 is 0 Å². The zero-order chi connectivity index (χ0) is 22.1. The predicted octanol–water partition coefficient (Wildman–Crippen LogP) is 2.31. The van der Waals surface area contributed by atoms with Crippen LogP contribution in [0.2, 0.25) is 0 Å². The van der Waals surface area contributed by atoms with Crippen molar-refractivity contribution in [2.24, 2.45) is 5.92 Å². The van der Waals surface area contributed by atoms with E-state index in [1.807, 2.05) is 4.90 Å². The van der Waals surface area contributed by atoms with Crippen molar-refractivity contribution >= 4 is 17.8 Å². The highest BCUT2D eigenvalue weighted by Gasteiger charge is 2.30. The van der Waals surface area contributed by atoms with Gasteiger partial charge < -0.3 is 20.4 Å². The fourth-order valence-electron chi connectivity index (χ4n) is 4.26. The number of amides is 4. The van der Waals surface area contributed by atoms with E-state index in [1.165, 1.54) is 25.0 Å². The minimum atomic E-state index is -0.366. The lowest BCUT2D eigenvalue weighted by molar-refractivity contribution is -0.136. The van der Waals surface area contributed by atoms with Gasteiger partial charge in [-0.15, -0.1) is 0 Å². The molecular formula is C23H33FN4O3. The number of nitrogens with zero attached hydrogens (tertiary/aromatic N) is 2. The van der Waals surface area contributed by atoms with Crippen LogP contribution in [0.4, 0.5) is 9.18 Å². The Morgan fingerprint density at radius 2 is 1.58 bits per heavy atom.